The molecule has 0 atom stereocenters. The molecule has 6 heteroatoms. The van der Waals surface area contributed by atoms with Crippen molar-refractivity contribution in [3.63, 3.8) is 0 Å². The minimum Gasteiger partial charge on any atom is -0.355 e. The van der Waals surface area contributed by atoms with Crippen LogP contribution in [0.1, 0.15) is 23.3 Å². The maximum absolute atomic E-state index is 12.1. The van der Waals surface area contributed by atoms with Crippen molar-refractivity contribution in [2.45, 2.75) is 12.8 Å². The van der Waals surface area contributed by atoms with Crippen LogP contribution in [0.3, 0.4) is 0 Å². The van der Waals surface area contributed by atoms with E-state index in [1.807, 2.05) is 24.3 Å². The summed E-state index contributed by atoms with van der Waals surface area (Å²) in [6.45, 7) is 2.02. The van der Waals surface area contributed by atoms with Crippen molar-refractivity contribution in [3.05, 3.63) is 46.8 Å². The van der Waals surface area contributed by atoms with E-state index < -0.39 is 0 Å². The number of halogens is 1. The fourth-order valence-corrected chi connectivity index (χ4v) is 2.71. The van der Waals surface area contributed by atoms with Crippen LogP contribution in [0.25, 0.3) is 0 Å². The zero-order valence-corrected chi connectivity index (χ0v) is 13.0. The summed E-state index contributed by atoms with van der Waals surface area (Å²) in [5.74, 6) is 0.583. The number of nitrogens with one attached hydrogen (secondary N) is 1. The summed E-state index contributed by atoms with van der Waals surface area (Å²) in [5, 5.41) is 2.80. The number of carbonyl (C=O) groups excluding carboxylic acids is 1. The number of nitrogens with zero attached hydrogens (tertiary/aromatic N) is 3. The highest BCUT2D eigenvalue weighted by atomic mass is 79.9. The second kappa shape index (κ2) is 6.22. The highest BCUT2D eigenvalue weighted by Crippen LogP contribution is 2.18. The van der Waals surface area contributed by atoms with E-state index in [-0.39, 0.29) is 5.91 Å². The van der Waals surface area contributed by atoms with Gasteiger partial charge >= 0.3 is 0 Å². The molecule has 1 aromatic heterocycles. The molecule has 108 valence electrons. The van der Waals surface area contributed by atoms with Crippen LogP contribution in [-0.4, -0.2) is 29.0 Å². The molecule has 2 heterocycles. The van der Waals surface area contributed by atoms with Gasteiger partial charge in [0.05, 0.1) is 12.4 Å². The Morgan fingerprint density at radius 2 is 2.00 bits per heavy atom. The van der Waals surface area contributed by atoms with E-state index in [2.05, 4.69) is 36.1 Å². The van der Waals surface area contributed by atoms with Crippen molar-refractivity contribution >= 4 is 33.3 Å². The lowest BCUT2D eigenvalue weighted by Crippen LogP contribution is -2.20. The summed E-state index contributed by atoms with van der Waals surface area (Å²) in [7, 11) is 0. The van der Waals surface area contributed by atoms with Crippen LogP contribution < -0.4 is 10.2 Å². The number of carbonyl (C=O) groups is 1. The molecule has 21 heavy (non-hydrogen) atoms. The van der Waals surface area contributed by atoms with E-state index in [0.29, 0.717) is 5.69 Å². The second-order valence-electron chi connectivity index (χ2n) is 4.92. The zero-order chi connectivity index (χ0) is 14.7. The lowest BCUT2D eigenvalue weighted by molar-refractivity contribution is 0.102. The van der Waals surface area contributed by atoms with Gasteiger partial charge in [0.25, 0.3) is 5.91 Å². The predicted octanol–water partition coefficient (Wildman–Crippen LogP) is 3.09. The highest BCUT2D eigenvalue weighted by molar-refractivity contribution is 9.10. The normalized spacial score (nSPS) is 14.2. The van der Waals surface area contributed by atoms with Crippen molar-refractivity contribution in [2.24, 2.45) is 0 Å². The topological polar surface area (TPSA) is 58.1 Å². The molecule has 0 unspecified atom stereocenters. The highest BCUT2D eigenvalue weighted by Gasteiger charge is 2.15. The zero-order valence-electron chi connectivity index (χ0n) is 11.4. The molecule has 2 aromatic rings. The summed E-state index contributed by atoms with van der Waals surface area (Å²) >= 11 is 3.37. The second-order valence-corrected chi connectivity index (χ2v) is 5.83. The number of rotatable bonds is 3. The third-order valence-electron chi connectivity index (χ3n) is 3.38. The number of anilines is 2. The van der Waals surface area contributed by atoms with Gasteiger partial charge < -0.3 is 10.2 Å². The third kappa shape index (κ3) is 3.39. The smallest absolute Gasteiger partial charge is 0.275 e. The number of hydrogen-bond acceptors (Lipinski definition) is 4. The third-order valence-corrected chi connectivity index (χ3v) is 3.88. The Balaban J connectivity index is 1.70. The summed E-state index contributed by atoms with van der Waals surface area (Å²) in [6.07, 6.45) is 5.57. The van der Waals surface area contributed by atoms with Gasteiger partial charge in [-0.1, -0.05) is 22.0 Å². The van der Waals surface area contributed by atoms with Gasteiger partial charge in [-0.3, -0.25) is 4.79 Å². The summed E-state index contributed by atoms with van der Waals surface area (Å²) in [4.78, 5) is 22.8. The molecule has 1 saturated heterocycles. The number of hydrogen-bond donors (Lipinski definition) is 1. The molecule has 1 amide bonds. The van der Waals surface area contributed by atoms with Crippen molar-refractivity contribution < 1.29 is 4.79 Å². The SMILES string of the molecule is O=C(Nc1cccc(Br)c1)c1cnc(N2CCCC2)cn1. The average Bonchev–Trinajstić information content (AvgIpc) is 3.01. The van der Waals surface area contributed by atoms with Gasteiger partial charge in [0.1, 0.15) is 11.5 Å². The number of aromatic nitrogens is 2. The Morgan fingerprint density at radius 1 is 1.19 bits per heavy atom. The van der Waals surface area contributed by atoms with Crippen molar-refractivity contribution in [1.82, 2.24) is 9.97 Å². The Bertz CT molecular complexity index is 638. The van der Waals surface area contributed by atoms with E-state index in [1.54, 1.807) is 6.20 Å². The van der Waals surface area contributed by atoms with E-state index >= 15 is 0 Å². The summed E-state index contributed by atoms with van der Waals surface area (Å²) < 4.78 is 0.913. The standard InChI is InChI=1S/C15H15BrN4O/c16-11-4-3-5-12(8-11)19-15(21)13-9-18-14(10-17-13)20-6-1-2-7-20/h3-5,8-10H,1-2,6-7H2,(H,19,21). The Labute approximate surface area is 131 Å². The first kappa shape index (κ1) is 14.0. The molecular formula is C15H15BrN4O. The molecule has 0 saturated carbocycles. The number of amides is 1. The molecule has 1 aromatic carbocycles. The first-order chi connectivity index (χ1) is 10.2. The van der Waals surface area contributed by atoms with Crippen LogP contribution in [0.5, 0.6) is 0 Å². The summed E-state index contributed by atoms with van der Waals surface area (Å²) in [6, 6.07) is 7.43. The van der Waals surface area contributed by atoms with Crippen LogP contribution in [0.15, 0.2) is 41.1 Å². The van der Waals surface area contributed by atoms with Gasteiger partial charge in [0.15, 0.2) is 0 Å². The fraction of sp³-hybridized carbons (Fsp3) is 0.267. The molecule has 0 aliphatic carbocycles. The van der Waals surface area contributed by atoms with Crippen LogP contribution in [0.2, 0.25) is 0 Å². The van der Waals surface area contributed by atoms with E-state index in [0.717, 1.165) is 29.1 Å². The quantitative estimate of drug-likeness (QED) is 0.927. The Morgan fingerprint density at radius 3 is 2.67 bits per heavy atom. The van der Waals surface area contributed by atoms with Crippen LogP contribution in [0, 0.1) is 0 Å². The molecule has 1 aliphatic rings. The predicted molar refractivity (Wildman–Crippen MR) is 85.6 cm³/mol. The Kier molecular flexibility index (Phi) is 4.15. The molecule has 5 nitrogen and oxygen atoms in total. The van der Waals surface area contributed by atoms with Gasteiger partial charge in [-0.15, -0.1) is 0 Å². The van der Waals surface area contributed by atoms with Gasteiger partial charge in [0.2, 0.25) is 0 Å². The first-order valence-electron chi connectivity index (χ1n) is 6.86. The Hall–Kier alpha value is -1.95. The minimum absolute atomic E-state index is 0.256. The molecule has 1 aliphatic heterocycles. The maximum atomic E-state index is 12.1. The van der Waals surface area contributed by atoms with Crippen LogP contribution >= 0.6 is 15.9 Å². The molecule has 1 fully saturated rings. The monoisotopic (exact) mass is 346 g/mol. The van der Waals surface area contributed by atoms with E-state index in [1.165, 1.54) is 19.0 Å². The lowest BCUT2D eigenvalue weighted by atomic mass is 10.3. The first-order valence-corrected chi connectivity index (χ1v) is 7.65. The summed E-state index contributed by atoms with van der Waals surface area (Å²) in [5.41, 5.74) is 1.04. The van der Waals surface area contributed by atoms with Gasteiger partial charge in [-0.25, -0.2) is 9.97 Å². The van der Waals surface area contributed by atoms with E-state index in [4.69, 9.17) is 0 Å². The molecule has 0 radical (unpaired) electrons. The molecule has 0 bridgehead atoms. The van der Waals surface area contributed by atoms with Gasteiger partial charge in [-0.05, 0) is 31.0 Å². The van der Waals surface area contributed by atoms with Crippen LogP contribution in [0.4, 0.5) is 11.5 Å². The minimum atomic E-state index is -0.256. The molecule has 0 spiro atoms. The van der Waals surface area contributed by atoms with Crippen molar-refractivity contribution in [3.8, 4) is 0 Å². The average molecular weight is 347 g/mol. The maximum Gasteiger partial charge on any atom is 0.275 e. The molecule has 3 rings (SSSR count). The lowest BCUT2D eigenvalue weighted by Gasteiger charge is -2.15. The fourth-order valence-electron chi connectivity index (χ4n) is 2.31. The molecule has 1 N–H and O–H groups in total. The van der Waals surface area contributed by atoms with Crippen molar-refractivity contribution in [1.29, 1.82) is 0 Å². The largest absolute Gasteiger partial charge is 0.355 e. The van der Waals surface area contributed by atoms with Gasteiger partial charge in [0, 0.05) is 23.2 Å². The van der Waals surface area contributed by atoms with E-state index in [9.17, 15) is 4.79 Å². The number of benzene rings is 1. The van der Waals surface area contributed by atoms with Crippen molar-refractivity contribution in [2.75, 3.05) is 23.3 Å². The van der Waals surface area contributed by atoms with Gasteiger partial charge in [-0.2, -0.15) is 0 Å². The van der Waals surface area contributed by atoms with Crippen LogP contribution in [-0.2, 0) is 0 Å². The molecular weight excluding hydrogens is 332 g/mol.